The molecule has 1 aromatic heterocycles. The summed E-state index contributed by atoms with van der Waals surface area (Å²) in [7, 11) is 0. The van der Waals surface area contributed by atoms with Gasteiger partial charge in [0.05, 0.1) is 18.2 Å². The van der Waals surface area contributed by atoms with Crippen LogP contribution in [-0.4, -0.2) is 51.9 Å². The number of aromatic nitrogens is 2. The van der Waals surface area contributed by atoms with E-state index in [2.05, 4.69) is 35.2 Å². The maximum Gasteiger partial charge on any atom is 0.317 e. The number of carboxylic acid groups (broad SMARTS) is 1. The molecule has 0 bridgehead atoms. The molecule has 35 heavy (non-hydrogen) atoms. The molecule has 2 aromatic rings. The molecule has 0 radical (unpaired) electrons. The fraction of sp³-hybridized carbons (Fsp3) is 0.481. The molecular formula is C27H30N4O4. The number of aliphatic carboxylic acids is 1. The lowest BCUT2D eigenvalue weighted by Crippen LogP contribution is -2.36. The standard InChI is InChI=1S/C27H30N4O4/c1-16(2)34-22-7-5-18(12-19(22)13-28)26-29-25(30-35-26)21-6-4-17(3)24-20(21)8-9-27(24)10-11-31(15-27)14-23(32)33/h4-7,12,16-17,24H,8-11,14-15H2,1-3H3,(H,32,33)/t17?,24?,27-/m0/s1. The third-order valence-electron chi connectivity index (χ3n) is 7.57. The van der Waals surface area contributed by atoms with Crippen molar-refractivity contribution < 1.29 is 19.2 Å². The first-order valence-electron chi connectivity index (χ1n) is 12.2. The number of nitriles is 1. The van der Waals surface area contributed by atoms with Gasteiger partial charge in [-0.15, -0.1) is 0 Å². The third-order valence-corrected chi connectivity index (χ3v) is 7.57. The number of carboxylic acids is 1. The number of carbonyl (C=O) groups is 1. The topological polar surface area (TPSA) is 112 Å². The van der Waals surface area contributed by atoms with Crippen LogP contribution in [0.15, 0.2) is 40.4 Å². The normalized spacial score (nSPS) is 25.9. The molecule has 2 aliphatic carbocycles. The first-order chi connectivity index (χ1) is 16.8. The van der Waals surface area contributed by atoms with Crippen molar-refractivity contribution in [3.8, 4) is 23.3 Å². The second kappa shape index (κ2) is 8.97. The number of rotatable bonds is 6. The molecule has 5 rings (SSSR count). The van der Waals surface area contributed by atoms with Gasteiger partial charge in [0.15, 0.2) is 0 Å². The molecular weight excluding hydrogens is 444 g/mol. The molecule has 8 nitrogen and oxygen atoms in total. The predicted octanol–water partition coefficient (Wildman–Crippen LogP) is 4.54. The summed E-state index contributed by atoms with van der Waals surface area (Å²) in [5.74, 6) is 1.41. The van der Waals surface area contributed by atoms with Gasteiger partial charge in [0, 0.05) is 17.7 Å². The fourth-order valence-electron chi connectivity index (χ4n) is 6.25. The molecule has 1 spiro atoms. The van der Waals surface area contributed by atoms with E-state index in [-0.39, 0.29) is 18.1 Å². The van der Waals surface area contributed by atoms with Gasteiger partial charge < -0.3 is 14.4 Å². The van der Waals surface area contributed by atoms with Crippen LogP contribution in [0.5, 0.6) is 5.75 Å². The average Bonchev–Trinajstić information content (AvgIpc) is 3.54. The molecule has 1 N–H and O–H groups in total. The van der Waals surface area contributed by atoms with Crippen LogP contribution in [0.4, 0.5) is 0 Å². The minimum absolute atomic E-state index is 0.0319. The maximum atomic E-state index is 11.3. The smallest absolute Gasteiger partial charge is 0.317 e. The Hall–Kier alpha value is -3.44. The Bertz CT molecular complexity index is 1250. The van der Waals surface area contributed by atoms with Crippen LogP contribution in [0.1, 0.15) is 51.4 Å². The van der Waals surface area contributed by atoms with E-state index in [1.165, 1.54) is 5.57 Å². The summed E-state index contributed by atoms with van der Waals surface area (Å²) in [6.45, 7) is 7.83. The zero-order valence-electron chi connectivity index (χ0n) is 20.3. The molecule has 3 aliphatic rings. The molecule has 2 heterocycles. The molecule has 8 heteroatoms. The molecule has 1 aliphatic heterocycles. The van der Waals surface area contributed by atoms with Gasteiger partial charge in [0.2, 0.25) is 5.82 Å². The zero-order valence-corrected chi connectivity index (χ0v) is 20.3. The highest BCUT2D eigenvalue weighted by Crippen LogP contribution is 2.58. The Morgan fingerprint density at radius 1 is 1.40 bits per heavy atom. The van der Waals surface area contributed by atoms with Gasteiger partial charge in [0.25, 0.3) is 5.89 Å². The van der Waals surface area contributed by atoms with E-state index in [0.29, 0.717) is 40.4 Å². The van der Waals surface area contributed by atoms with Gasteiger partial charge in [-0.05, 0) is 75.1 Å². The Morgan fingerprint density at radius 3 is 2.97 bits per heavy atom. The molecule has 2 fully saturated rings. The molecule has 182 valence electrons. The number of nitrogens with zero attached hydrogens (tertiary/aromatic N) is 4. The van der Waals surface area contributed by atoms with Crippen molar-refractivity contribution in [2.24, 2.45) is 17.3 Å². The van der Waals surface area contributed by atoms with Crippen molar-refractivity contribution in [1.29, 1.82) is 5.26 Å². The SMILES string of the molecule is CC(C)Oc1ccc(-c2nc(C3=C4CC[C@@]5(CCN(CC(=O)O)C5)C4C(C)C=C3)no2)cc1C#N. The van der Waals surface area contributed by atoms with Gasteiger partial charge >= 0.3 is 5.97 Å². The number of hydrogen-bond donors (Lipinski definition) is 1. The molecule has 0 amide bonds. The minimum Gasteiger partial charge on any atom is -0.490 e. The third kappa shape index (κ3) is 4.25. The fourth-order valence-corrected chi connectivity index (χ4v) is 6.25. The number of ether oxygens (including phenoxy) is 1. The predicted molar refractivity (Wildman–Crippen MR) is 129 cm³/mol. The first kappa shape index (κ1) is 23.3. The number of likely N-dealkylation sites (tertiary alicyclic amines) is 1. The van der Waals surface area contributed by atoms with Gasteiger partial charge in [-0.2, -0.15) is 10.2 Å². The van der Waals surface area contributed by atoms with Crippen molar-refractivity contribution in [1.82, 2.24) is 15.0 Å². The maximum absolute atomic E-state index is 11.3. The van der Waals surface area contributed by atoms with Crippen molar-refractivity contribution in [3.05, 3.63) is 47.3 Å². The Kier molecular flexibility index (Phi) is 5.97. The highest BCUT2D eigenvalue weighted by molar-refractivity contribution is 5.76. The van der Waals surface area contributed by atoms with Crippen LogP contribution in [0.25, 0.3) is 17.0 Å². The summed E-state index contributed by atoms with van der Waals surface area (Å²) >= 11 is 0. The van der Waals surface area contributed by atoms with Crippen LogP contribution in [-0.2, 0) is 4.79 Å². The van der Waals surface area contributed by atoms with E-state index in [1.54, 1.807) is 12.1 Å². The molecule has 1 saturated carbocycles. The number of allylic oxidation sites excluding steroid dienone is 4. The van der Waals surface area contributed by atoms with Gasteiger partial charge in [-0.1, -0.05) is 29.8 Å². The highest BCUT2D eigenvalue weighted by Gasteiger charge is 2.52. The molecule has 1 saturated heterocycles. The Morgan fingerprint density at radius 2 is 2.23 bits per heavy atom. The van der Waals surface area contributed by atoms with Gasteiger partial charge in [0.1, 0.15) is 11.8 Å². The minimum atomic E-state index is -0.768. The lowest BCUT2D eigenvalue weighted by atomic mass is 9.68. The van der Waals surface area contributed by atoms with Crippen LogP contribution in [0, 0.1) is 28.6 Å². The van der Waals surface area contributed by atoms with Crippen LogP contribution in [0.3, 0.4) is 0 Å². The summed E-state index contributed by atoms with van der Waals surface area (Å²) in [6.07, 6.45) is 7.31. The van der Waals surface area contributed by atoms with E-state index in [4.69, 9.17) is 14.2 Å². The molecule has 1 aromatic carbocycles. The Balaban J connectivity index is 1.44. The zero-order chi connectivity index (χ0) is 24.7. The summed E-state index contributed by atoms with van der Waals surface area (Å²) < 4.78 is 11.3. The summed E-state index contributed by atoms with van der Waals surface area (Å²) in [5.41, 5.74) is 3.56. The van der Waals surface area contributed by atoms with E-state index in [9.17, 15) is 15.2 Å². The van der Waals surface area contributed by atoms with Crippen molar-refractivity contribution in [3.63, 3.8) is 0 Å². The number of fused-ring (bicyclic) bond motifs is 2. The Labute approximate surface area is 204 Å². The second-order valence-corrected chi connectivity index (χ2v) is 10.3. The summed E-state index contributed by atoms with van der Waals surface area (Å²) in [4.78, 5) is 18.0. The second-order valence-electron chi connectivity index (χ2n) is 10.3. The highest BCUT2D eigenvalue weighted by atomic mass is 16.5. The van der Waals surface area contributed by atoms with E-state index in [0.717, 1.165) is 37.9 Å². The first-order valence-corrected chi connectivity index (χ1v) is 12.2. The lowest BCUT2D eigenvalue weighted by Gasteiger charge is -2.37. The van der Waals surface area contributed by atoms with Crippen molar-refractivity contribution >= 4 is 11.5 Å². The molecule has 3 atom stereocenters. The monoisotopic (exact) mass is 474 g/mol. The van der Waals surface area contributed by atoms with Gasteiger partial charge in [-0.3, -0.25) is 9.69 Å². The van der Waals surface area contributed by atoms with Crippen LogP contribution >= 0.6 is 0 Å². The largest absolute Gasteiger partial charge is 0.490 e. The van der Waals surface area contributed by atoms with E-state index < -0.39 is 5.97 Å². The van der Waals surface area contributed by atoms with Crippen molar-refractivity contribution in [2.75, 3.05) is 19.6 Å². The van der Waals surface area contributed by atoms with E-state index >= 15 is 0 Å². The quantitative estimate of drug-likeness (QED) is 0.649. The van der Waals surface area contributed by atoms with Crippen molar-refractivity contribution in [2.45, 2.75) is 46.1 Å². The number of benzene rings is 1. The average molecular weight is 475 g/mol. The van der Waals surface area contributed by atoms with Crippen LogP contribution in [0.2, 0.25) is 0 Å². The van der Waals surface area contributed by atoms with Gasteiger partial charge in [-0.25, -0.2) is 0 Å². The summed E-state index contributed by atoms with van der Waals surface area (Å²) in [5, 5.41) is 23.1. The summed E-state index contributed by atoms with van der Waals surface area (Å²) in [6, 6.07) is 7.49. The molecule has 2 unspecified atom stereocenters. The van der Waals surface area contributed by atoms with E-state index in [1.807, 2.05) is 19.9 Å². The number of hydrogen-bond acceptors (Lipinski definition) is 7. The lowest BCUT2D eigenvalue weighted by molar-refractivity contribution is -0.138. The van der Waals surface area contributed by atoms with Crippen LogP contribution < -0.4 is 4.74 Å².